The molecule has 0 unspecified atom stereocenters. The fraction of sp³-hybridized carbons (Fsp3) is 0.333. The van der Waals surface area contributed by atoms with Crippen LogP contribution in [0.2, 0.25) is 0 Å². The van der Waals surface area contributed by atoms with Crippen molar-refractivity contribution in [3.05, 3.63) is 53.9 Å². The molecule has 1 heterocycles. The first-order chi connectivity index (χ1) is 12.2. The van der Waals surface area contributed by atoms with E-state index in [2.05, 4.69) is 32.9 Å². The van der Waals surface area contributed by atoms with Crippen LogP contribution in [0.25, 0.3) is 0 Å². The Kier molecular flexibility index (Phi) is 6.00. The fourth-order valence-corrected chi connectivity index (χ4v) is 3.37. The van der Waals surface area contributed by atoms with Crippen LogP contribution in [-0.2, 0) is 12.8 Å². The highest BCUT2D eigenvalue weighted by Crippen LogP contribution is 2.20. The lowest BCUT2D eigenvalue weighted by molar-refractivity contribution is 0.0955. The Morgan fingerprint density at radius 3 is 2.92 bits per heavy atom. The molecule has 0 bridgehead atoms. The summed E-state index contributed by atoms with van der Waals surface area (Å²) in [7, 11) is 1.92. The molecule has 0 radical (unpaired) electrons. The molecule has 0 aliphatic heterocycles. The van der Waals surface area contributed by atoms with Gasteiger partial charge in [-0.05, 0) is 42.9 Å². The molecule has 3 rings (SSSR count). The van der Waals surface area contributed by atoms with Crippen molar-refractivity contribution in [2.45, 2.75) is 30.2 Å². The molecule has 1 aromatic carbocycles. The lowest BCUT2D eigenvalue weighted by Crippen LogP contribution is -2.18. The average Bonchev–Trinajstić information content (AvgIpc) is 3.06. The van der Waals surface area contributed by atoms with Gasteiger partial charge in [-0.2, -0.15) is 5.10 Å². The Balaban J connectivity index is 1.49. The molecule has 1 atom stereocenters. The number of carbonyl (C=O) groups is 1. The van der Waals surface area contributed by atoms with Gasteiger partial charge in [0.1, 0.15) is 6.33 Å². The van der Waals surface area contributed by atoms with Crippen LogP contribution in [0.3, 0.4) is 0 Å². The van der Waals surface area contributed by atoms with Crippen molar-refractivity contribution in [1.82, 2.24) is 20.2 Å². The number of nitrogens with one attached hydrogen (secondary N) is 1. The topological polar surface area (TPSA) is 72.2 Å². The van der Waals surface area contributed by atoms with Crippen molar-refractivity contribution in [2.24, 2.45) is 18.1 Å². The van der Waals surface area contributed by atoms with E-state index in [1.54, 1.807) is 18.1 Å². The highest BCUT2D eigenvalue weighted by Gasteiger charge is 2.08. The average molecular weight is 355 g/mol. The van der Waals surface area contributed by atoms with Gasteiger partial charge < -0.3 is 4.57 Å². The van der Waals surface area contributed by atoms with E-state index in [1.165, 1.54) is 0 Å². The molecule has 7 heteroatoms. The van der Waals surface area contributed by atoms with E-state index in [0.717, 1.165) is 35.7 Å². The van der Waals surface area contributed by atoms with Gasteiger partial charge in [-0.15, -0.1) is 10.2 Å². The van der Waals surface area contributed by atoms with Gasteiger partial charge in [0.25, 0.3) is 5.91 Å². The third kappa shape index (κ3) is 5.03. The molecule has 2 aromatic rings. The van der Waals surface area contributed by atoms with Crippen molar-refractivity contribution in [3.63, 3.8) is 0 Å². The van der Waals surface area contributed by atoms with Crippen LogP contribution in [-0.4, -0.2) is 26.9 Å². The second-order valence-corrected chi connectivity index (χ2v) is 6.92. The lowest BCUT2D eigenvalue weighted by atomic mass is 9.96. The van der Waals surface area contributed by atoms with Crippen molar-refractivity contribution in [3.8, 4) is 0 Å². The van der Waals surface area contributed by atoms with E-state index in [0.29, 0.717) is 11.5 Å². The third-order valence-corrected chi connectivity index (χ3v) is 5.12. The van der Waals surface area contributed by atoms with Gasteiger partial charge in [0.2, 0.25) is 0 Å². The summed E-state index contributed by atoms with van der Waals surface area (Å²) in [5.41, 5.74) is 4.34. The van der Waals surface area contributed by atoms with Gasteiger partial charge in [-0.3, -0.25) is 4.79 Å². The molecule has 0 saturated carbocycles. The van der Waals surface area contributed by atoms with Crippen molar-refractivity contribution in [2.75, 3.05) is 0 Å². The second kappa shape index (κ2) is 8.62. The minimum absolute atomic E-state index is 0.185. The summed E-state index contributed by atoms with van der Waals surface area (Å²) in [4.78, 5) is 12.1. The zero-order chi connectivity index (χ0) is 17.5. The van der Waals surface area contributed by atoms with Gasteiger partial charge in [0, 0.05) is 24.6 Å². The normalized spacial score (nSPS) is 17.1. The summed E-state index contributed by atoms with van der Waals surface area (Å²) in [6, 6.07) is 7.55. The number of allylic oxidation sites excluding steroid dienone is 2. The first-order valence-corrected chi connectivity index (χ1v) is 9.25. The molecule has 1 aliphatic rings. The first-order valence-electron chi connectivity index (χ1n) is 8.26. The number of rotatable bonds is 6. The maximum atomic E-state index is 12.1. The Hall–Kier alpha value is -2.41. The summed E-state index contributed by atoms with van der Waals surface area (Å²) in [5.74, 6) is 1.02. The highest BCUT2D eigenvalue weighted by atomic mass is 32.2. The minimum Gasteiger partial charge on any atom is -0.312 e. The monoisotopic (exact) mass is 355 g/mol. The smallest absolute Gasteiger partial charge is 0.271 e. The maximum Gasteiger partial charge on any atom is 0.271 e. The number of aromatic nitrogens is 3. The number of thioether (sulfide) groups is 1. The summed E-state index contributed by atoms with van der Waals surface area (Å²) in [6.07, 6.45) is 11.0. The number of benzene rings is 1. The summed E-state index contributed by atoms with van der Waals surface area (Å²) >= 11 is 1.61. The number of aryl methyl sites for hydroxylation is 1. The second-order valence-electron chi connectivity index (χ2n) is 5.97. The molecule has 130 valence electrons. The van der Waals surface area contributed by atoms with Gasteiger partial charge in [-0.1, -0.05) is 36.0 Å². The van der Waals surface area contributed by atoms with Gasteiger partial charge in [0.05, 0.1) is 0 Å². The Morgan fingerprint density at radius 1 is 1.40 bits per heavy atom. The number of hydrogen-bond acceptors (Lipinski definition) is 5. The van der Waals surface area contributed by atoms with Crippen molar-refractivity contribution in [1.29, 1.82) is 0 Å². The molecule has 6 nitrogen and oxygen atoms in total. The number of nitrogens with zero attached hydrogens (tertiary/aromatic N) is 4. The van der Waals surface area contributed by atoms with Crippen molar-refractivity contribution >= 4 is 23.9 Å². The first kappa shape index (κ1) is 17.4. The fourth-order valence-electron chi connectivity index (χ4n) is 2.52. The van der Waals surface area contributed by atoms with Gasteiger partial charge >= 0.3 is 0 Å². The van der Waals surface area contributed by atoms with E-state index >= 15 is 0 Å². The number of carbonyl (C=O) groups excluding carboxylic acids is 1. The SMILES string of the molecule is Cn1cnnc1SCc1ccc(C(=O)N/N=C\[C@H]2CC=CCC2)cc1. The quantitative estimate of drug-likeness (QED) is 0.374. The number of hydrazone groups is 1. The van der Waals surface area contributed by atoms with Gasteiger partial charge in [0.15, 0.2) is 5.16 Å². The molecule has 1 amide bonds. The zero-order valence-corrected chi connectivity index (χ0v) is 14.9. The summed E-state index contributed by atoms with van der Waals surface area (Å²) in [6.45, 7) is 0. The van der Waals surface area contributed by atoms with Crippen LogP contribution in [0.5, 0.6) is 0 Å². The van der Waals surface area contributed by atoms with E-state index < -0.39 is 0 Å². The molecule has 0 saturated heterocycles. The lowest BCUT2D eigenvalue weighted by Gasteiger charge is -2.11. The summed E-state index contributed by atoms with van der Waals surface area (Å²) < 4.78 is 1.88. The predicted molar refractivity (Wildman–Crippen MR) is 99.4 cm³/mol. The number of amides is 1. The van der Waals surface area contributed by atoms with Crippen LogP contribution >= 0.6 is 11.8 Å². The van der Waals surface area contributed by atoms with Crippen LogP contribution < -0.4 is 5.43 Å². The van der Waals surface area contributed by atoms with Crippen LogP contribution in [0.15, 0.2) is 53.0 Å². The molecule has 1 aliphatic carbocycles. The Bertz CT molecular complexity index is 766. The van der Waals surface area contributed by atoms with Crippen LogP contribution in [0, 0.1) is 5.92 Å². The van der Waals surface area contributed by atoms with Crippen LogP contribution in [0.1, 0.15) is 35.2 Å². The molecule has 0 spiro atoms. The predicted octanol–water partition coefficient (Wildman–Crippen LogP) is 3.18. The van der Waals surface area contributed by atoms with E-state index in [4.69, 9.17) is 0 Å². The third-order valence-electron chi connectivity index (χ3n) is 4.01. The molecular weight excluding hydrogens is 334 g/mol. The van der Waals surface area contributed by atoms with Crippen molar-refractivity contribution < 1.29 is 4.79 Å². The summed E-state index contributed by atoms with van der Waals surface area (Å²) in [5, 5.41) is 12.9. The molecule has 1 N–H and O–H groups in total. The minimum atomic E-state index is -0.185. The van der Waals surface area contributed by atoms with Crippen LogP contribution in [0.4, 0.5) is 0 Å². The van der Waals surface area contributed by atoms with Gasteiger partial charge in [-0.25, -0.2) is 5.43 Å². The molecule has 1 aromatic heterocycles. The molecule has 0 fully saturated rings. The maximum absolute atomic E-state index is 12.1. The molecular formula is C18H21N5OS. The number of hydrogen-bond donors (Lipinski definition) is 1. The van der Waals surface area contributed by atoms with E-state index in [-0.39, 0.29) is 5.91 Å². The van der Waals surface area contributed by atoms with E-state index in [1.807, 2.05) is 42.1 Å². The zero-order valence-electron chi connectivity index (χ0n) is 14.1. The Morgan fingerprint density at radius 2 is 2.24 bits per heavy atom. The largest absolute Gasteiger partial charge is 0.312 e. The highest BCUT2D eigenvalue weighted by molar-refractivity contribution is 7.98. The standard InChI is InChI=1S/C18H21N5OS/c1-23-13-20-22-18(23)25-12-15-7-9-16(10-8-15)17(24)21-19-11-14-5-3-2-4-6-14/h2-3,7-11,13-14H,4-6,12H2,1H3,(H,21,24)/b19-11-/t14-/m0/s1. The van der Waals surface area contributed by atoms with E-state index in [9.17, 15) is 4.79 Å². The Labute approximate surface area is 151 Å². The molecule has 25 heavy (non-hydrogen) atoms.